The quantitative estimate of drug-likeness (QED) is 0.763. The summed E-state index contributed by atoms with van der Waals surface area (Å²) in [5.41, 5.74) is 2.28. The molecule has 1 aromatic rings. The molecule has 4 heteroatoms. The van der Waals surface area contributed by atoms with Crippen LogP contribution in [0.15, 0.2) is 0 Å². The van der Waals surface area contributed by atoms with E-state index >= 15 is 0 Å². The first-order valence-corrected chi connectivity index (χ1v) is 5.35. The van der Waals surface area contributed by atoms with Crippen LogP contribution in [0.2, 0.25) is 0 Å². The fraction of sp³-hybridized carbons (Fsp3) is 0.800. The third-order valence-corrected chi connectivity index (χ3v) is 2.87. The molecule has 78 valence electrons. The Morgan fingerprint density at radius 2 is 2.29 bits per heavy atom. The minimum atomic E-state index is 0.815. The van der Waals surface area contributed by atoms with E-state index in [1.165, 1.54) is 25.0 Å². The Bertz CT molecular complexity index is 301. The van der Waals surface area contributed by atoms with Crippen molar-refractivity contribution in [3.8, 4) is 0 Å². The fourth-order valence-corrected chi connectivity index (χ4v) is 1.65. The van der Waals surface area contributed by atoms with Crippen LogP contribution in [0.4, 0.5) is 0 Å². The Labute approximate surface area is 84.7 Å². The van der Waals surface area contributed by atoms with Crippen molar-refractivity contribution in [2.75, 3.05) is 7.05 Å². The third kappa shape index (κ3) is 2.12. The molecule has 0 saturated heterocycles. The zero-order valence-corrected chi connectivity index (χ0v) is 8.95. The molecule has 0 aromatic carbocycles. The van der Waals surface area contributed by atoms with Crippen LogP contribution in [0.1, 0.15) is 30.7 Å². The molecule has 0 radical (unpaired) electrons. The van der Waals surface area contributed by atoms with Crippen molar-refractivity contribution < 1.29 is 0 Å². The van der Waals surface area contributed by atoms with Gasteiger partial charge in [-0.15, -0.1) is 5.10 Å². The molecule has 0 atom stereocenters. The van der Waals surface area contributed by atoms with Gasteiger partial charge in [-0.2, -0.15) is 0 Å². The van der Waals surface area contributed by atoms with Crippen LogP contribution in [-0.2, 0) is 13.1 Å². The first kappa shape index (κ1) is 9.65. The molecule has 0 spiro atoms. The van der Waals surface area contributed by atoms with Gasteiger partial charge in [0, 0.05) is 13.1 Å². The summed E-state index contributed by atoms with van der Waals surface area (Å²) in [4.78, 5) is 0. The first-order valence-electron chi connectivity index (χ1n) is 5.35. The molecule has 0 bridgehead atoms. The van der Waals surface area contributed by atoms with E-state index in [4.69, 9.17) is 0 Å². The van der Waals surface area contributed by atoms with Crippen molar-refractivity contribution in [3.05, 3.63) is 11.4 Å². The molecule has 4 nitrogen and oxygen atoms in total. The van der Waals surface area contributed by atoms with Gasteiger partial charge in [-0.25, -0.2) is 4.68 Å². The van der Waals surface area contributed by atoms with Gasteiger partial charge in [-0.1, -0.05) is 18.1 Å². The Morgan fingerprint density at radius 1 is 1.50 bits per heavy atom. The summed E-state index contributed by atoms with van der Waals surface area (Å²) in [6, 6.07) is 0. The van der Waals surface area contributed by atoms with E-state index in [0.29, 0.717) is 0 Å². The van der Waals surface area contributed by atoms with E-state index in [-0.39, 0.29) is 0 Å². The fourth-order valence-electron chi connectivity index (χ4n) is 1.65. The number of aryl methyl sites for hydroxylation is 1. The monoisotopic (exact) mass is 194 g/mol. The molecule has 14 heavy (non-hydrogen) atoms. The average Bonchev–Trinajstić information content (AvgIpc) is 2.94. The Balaban J connectivity index is 1.94. The van der Waals surface area contributed by atoms with Gasteiger partial charge in [0.2, 0.25) is 0 Å². The van der Waals surface area contributed by atoms with E-state index in [0.717, 1.165) is 24.7 Å². The van der Waals surface area contributed by atoms with Gasteiger partial charge in [-0.05, 0) is 26.3 Å². The van der Waals surface area contributed by atoms with Gasteiger partial charge in [0.1, 0.15) is 0 Å². The lowest BCUT2D eigenvalue weighted by Crippen LogP contribution is -2.08. The molecule has 1 aromatic heterocycles. The number of aromatic nitrogens is 3. The highest BCUT2D eigenvalue weighted by molar-refractivity contribution is 5.07. The highest BCUT2D eigenvalue weighted by atomic mass is 15.4. The Morgan fingerprint density at radius 3 is 2.93 bits per heavy atom. The normalized spacial score (nSPS) is 16.1. The molecule has 0 unspecified atom stereocenters. The summed E-state index contributed by atoms with van der Waals surface area (Å²) in [6.07, 6.45) is 4.09. The van der Waals surface area contributed by atoms with Gasteiger partial charge in [0.25, 0.3) is 0 Å². The topological polar surface area (TPSA) is 42.7 Å². The molecule has 2 rings (SSSR count). The maximum absolute atomic E-state index is 4.16. The largest absolute Gasteiger partial charge is 0.314 e. The van der Waals surface area contributed by atoms with E-state index in [2.05, 4.69) is 22.6 Å². The molecule has 1 fully saturated rings. The van der Waals surface area contributed by atoms with Crippen LogP contribution in [0.3, 0.4) is 0 Å². The minimum absolute atomic E-state index is 0.815. The van der Waals surface area contributed by atoms with Crippen molar-refractivity contribution in [1.29, 1.82) is 0 Å². The molecule has 1 N–H and O–H groups in total. The number of nitrogens with zero attached hydrogens (tertiary/aromatic N) is 3. The second kappa shape index (κ2) is 4.09. The summed E-state index contributed by atoms with van der Waals surface area (Å²) in [6.45, 7) is 3.95. The van der Waals surface area contributed by atoms with Crippen LogP contribution in [0, 0.1) is 12.8 Å². The highest BCUT2D eigenvalue weighted by Gasteiger charge is 2.21. The third-order valence-electron chi connectivity index (χ3n) is 2.87. The number of hydrogen-bond donors (Lipinski definition) is 1. The maximum atomic E-state index is 4.16. The van der Waals surface area contributed by atoms with Crippen molar-refractivity contribution in [2.24, 2.45) is 5.92 Å². The maximum Gasteiger partial charge on any atom is 0.0993 e. The summed E-state index contributed by atoms with van der Waals surface area (Å²) in [7, 11) is 1.93. The van der Waals surface area contributed by atoms with Gasteiger partial charge in [-0.3, -0.25) is 0 Å². The number of nitrogens with one attached hydrogen (secondary N) is 1. The van der Waals surface area contributed by atoms with Crippen molar-refractivity contribution >= 4 is 0 Å². The van der Waals surface area contributed by atoms with Crippen molar-refractivity contribution in [1.82, 2.24) is 20.3 Å². The second-order valence-electron chi connectivity index (χ2n) is 4.11. The van der Waals surface area contributed by atoms with Crippen LogP contribution in [0.5, 0.6) is 0 Å². The van der Waals surface area contributed by atoms with Crippen molar-refractivity contribution in [3.63, 3.8) is 0 Å². The first-order chi connectivity index (χ1) is 6.81. The average molecular weight is 194 g/mol. The standard InChI is InChI=1S/C10H18N4/c1-8-10(7-11-2)12-13-14(8)6-5-9-3-4-9/h9,11H,3-7H2,1-2H3. The lowest BCUT2D eigenvalue weighted by atomic mass is 10.3. The van der Waals surface area contributed by atoms with Crippen LogP contribution in [0.25, 0.3) is 0 Å². The molecule has 1 saturated carbocycles. The van der Waals surface area contributed by atoms with E-state index in [1.54, 1.807) is 0 Å². The molecule has 0 amide bonds. The van der Waals surface area contributed by atoms with E-state index < -0.39 is 0 Å². The zero-order valence-electron chi connectivity index (χ0n) is 8.95. The summed E-state index contributed by atoms with van der Waals surface area (Å²) in [5, 5.41) is 11.4. The number of hydrogen-bond acceptors (Lipinski definition) is 3. The minimum Gasteiger partial charge on any atom is -0.314 e. The van der Waals surface area contributed by atoms with Crippen LogP contribution in [-0.4, -0.2) is 22.0 Å². The predicted octanol–water partition coefficient (Wildman–Crippen LogP) is 1.11. The SMILES string of the molecule is CNCc1nnn(CCC2CC2)c1C. The summed E-state index contributed by atoms with van der Waals surface area (Å²) < 4.78 is 2.03. The lowest BCUT2D eigenvalue weighted by molar-refractivity contribution is 0.521. The molecular weight excluding hydrogens is 176 g/mol. The predicted molar refractivity (Wildman–Crippen MR) is 54.9 cm³/mol. The molecule has 1 heterocycles. The molecular formula is C10H18N4. The smallest absolute Gasteiger partial charge is 0.0993 e. The van der Waals surface area contributed by atoms with Crippen LogP contribution >= 0.6 is 0 Å². The van der Waals surface area contributed by atoms with Gasteiger partial charge in [0.05, 0.1) is 11.4 Å². The molecule has 1 aliphatic carbocycles. The lowest BCUT2D eigenvalue weighted by Gasteiger charge is -2.02. The van der Waals surface area contributed by atoms with Gasteiger partial charge in [0.15, 0.2) is 0 Å². The Hall–Kier alpha value is -0.900. The summed E-state index contributed by atoms with van der Waals surface area (Å²) >= 11 is 0. The number of rotatable bonds is 5. The Kier molecular flexibility index (Phi) is 2.82. The molecule has 0 aliphatic heterocycles. The van der Waals surface area contributed by atoms with Crippen LogP contribution < -0.4 is 5.32 Å². The van der Waals surface area contributed by atoms with E-state index in [1.807, 2.05) is 11.7 Å². The summed E-state index contributed by atoms with van der Waals surface area (Å²) in [5.74, 6) is 0.964. The highest BCUT2D eigenvalue weighted by Crippen LogP contribution is 2.32. The van der Waals surface area contributed by atoms with Gasteiger partial charge < -0.3 is 5.32 Å². The van der Waals surface area contributed by atoms with E-state index in [9.17, 15) is 0 Å². The molecule has 1 aliphatic rings. The van der Waals surface area contributed by atoms with Crippen molar-refractivity contribution in [2.45, 2.75) is 39.3 Å². The van der Waals surface area contributed by atoms with Gasteiger partial charge >= 0.3 is 0 Å². The zero-order chi connectivity index (χ0) is 9.97. The second-order valence-corrected chi connectivity index (χ2v) is 4.11.